The number of benzene rings is 1. The van der Waals surface area contributed by atoms with Crippen molar-refractivity contribution < 1.29 is 23.8 Å². The molecule has 5 rings (SSSR count). The van der Waals surface area contributed by atoms with Gasteiger partial charge in [-0.25, -0.2) is 9.78 Å². The summed E-state index contributed by atoms with van der Waals surface area (Å²) >= 11 is 0. The number of nitrogens with zero attached hydrogens (tertiary/aromatic N) is 4. The minimum Gasteiger partial charge on any atom is -0.488 e. The highest BCUT2D eigenvalue weighted by Crippen LogP contribution is 2.34. The van der Waals surface area contributed by atoms with Gasteiger partial charge >= 0.3 is 6.09 Å². The molecule has 40 heavy (non-hydrogen) atoms. The van der Waals surface area contributed by atoms with E-state index in [4.69, 9.17) is 14.2 Å². The van der Waals surface area contributed by atoms with Gasteiger partial charge in [0.25, 0.3) is 5.91 Å². The van der Waals surface area contributed by atoms with Crippen molar-refractivity contribution >= 4 is 23.5 Å². The van der Waals surface area contributed by atoms with E-state index in [1.807, 2.05) is 32.9 Å². The summed E-state index contributed by atoms with van der Waals surface area (Å²) in [4.78, 5) is 34.2. The minimum atomic E-state index is -0.628. The molecule has 3 aliphatic heterocycles. The van der Waals surface area contributed by atoms with Crippen LogP contribution in [-0.2, 0) is 16.1 Å². The number of hydrogen-bond acceptors (Lipinski definition) is 9. The van der Waals surface area contributed by atoms with Crippen LogP contribution in [-0.4, -0.2) is 72.4 Å². The van der Waals surface area contributed by atoms with Crippen molar-refractivity contribution in [2.75, 3.05) is 43.1 Å². The quantitative estimate of drug-likeness (QED) is 0.558. The molecule has 2 aromatic rings. The molecule has 0 spiro atoms. The molecule has 11 nitrogen and oxygen atoms in total. The van der Waals surface area contributed by atoms with Crippen LogP contribution in [0.4, 0.5) is 16.3 Å². The Morgan fingerprint density at radius 1 is 1.23 bits per heavy atom. The number of carbonyl (C=O) groups excluding carboxylic acids is 2. The molecule has 1 saturated heterocycles. The van der Waals surface area contributed by atoms with E-state index in [2.05, 4.69) is 21.7 Å². The molecule has 212 valence electrons. The predicted molar refractivity (Wildman–Crippen MR) is 148 cm³/mol. The molecule has 0 aliphatic carbocycles. The molecule has 4 heterocycles. The molecule has 11 heteroatoms. The molecular formula is C29H36N6O5. The molecular weight excluding hydrogens is 512 g/mol. The van der Waals surface area contributed by atoms with Gasteiger partial charge in [-0.2, -0.15) is 5.26 Å². The van der Waals surface area contributed by atoms with E-state index in [0.717, 1.165) is 36.6 Å². The Morgan fingerprint density at radius 3 is 2.85 bits per heavy atom. The molecule has 0 radical (unpaired) electrons. The second-order valence-electron chi connectivity index (χ2n) is 11.3. The Labute approximate surface area is 234 Å². The summed E-state index contributed by atoms with van der Waals surface area (Å²) in [6, 6.07) is 11.0. The number of likely N-dealkylation sites (tertiary alicyclic amines) is 1. The first-order valence-corrected chi connectivity index (χ1v) is 13.8. The first kappa shape index (κ1) is 27.5. The number of piperidine rings is 1. The van der Waals surface area contributed by atoms with Gasteiger partial charge in [-0.05, 0) is 70.4 Å². The molecule has 0 unspecified atom stereocenters. The maximum atomic E-state index is 13.3. The normalized spacial score (nSPS) is 20.3. The maximum absolute atomic E-state index is 13.3. The van der Waals surface area contributed by atoms with Crippen molar-refractivity contribution in [1.82, 2.24) is 15.2 Å². The van der Waals surface area contributed by atoms with Gasteiger partial charge in [0.15, 0.2) is 18.2 Å². The van der Waals surface area contributed by atoms with Crippen molar-refractivity contribution in [1.29, 1.82) is 5.26 Å². The van der Waals surface area contributed by atoms with Crippen LogP contribution in [0.15, 0.2) is 30.3 Å². The molecule has 0 bridgehead atoms. The standard InChI is InChI=1S/C29H36N6O5/c1-29(2,3)40-28(37)35-17-21(32-16-20-6-9-25-27(33-20)31-11-13-38-25)5-7-22(35)10-12-34-23-14-19(15-30)4-8-24(23)39-18-26(34)36/h4,6,8-9,14,21-22,32H,5,7,10-13,16-18H2,1-3H3,(H,31,33)/t21-,22+/m0/s1. The molecule has 2 amide bonds. The zero-order valence-corrected chi connectivity index (χ0v) is 23.2. The van der Waals surface area contributed by atoms with Gasteiger partial charge in [0.1, 0.15) is 18.0 Å². The Bertz CT molecular complexity index is 1300. The van der Waals surface area contributed by atoms with Crippen molar-refractivity contribution in [3.05, 3.63) is 41.6 Å². The lowest BCUT2D eigenvalue weighted by Crippen LogP contribution is -2.54. The van der Waals surface area contributed by atoms with Gasteiger partial charge in [0.05, 0.1) is 29.6 Å². The number of amides is 2. The molecule has 1 aromatic carbocycles. The van der Waals surface area contributed by atoms with Crippen molar-refractivity contribution in [2.45, 2.75) is 64.3 Å². The summed E-state index contributed by atoms with van der Waals surface area (Å²) in [7, 11) is 0. The highest BCUT2D eigenvalue weighted by atomic mass is 16.6. The van der Waals surface area contributed by atoms with Crippen molar-refractivity contribution in [3.63, 3.8) is 0 Å². The van der Waals surface area contributed by atoms with E-state index in [1.54, 1.807) is 28.0 Å². The van der Waals surface area contributed by atoms with E-state index in [-0.39, 0.29) is 30.7 Å². The lowest BCUT2D eigenvalue weighted by atomic mass is 9.95. The van der Waals surface area contributed by atoms with E-state index in [0.29, 0.717) is 49.7 Å². The monoisotopic (exact) mass is 548 g/mol. The summed E-state index contributed by atoms with van der Waals surface area (Å²) in [5, 5.41) is 16.2. The first-order valence-electron chi connectivity index (χ1n) is 13.8. The van der Waals surface area contributed by atoms with Crippen LogP contribution in [0.3, 0.4) is 0 Å². The van der Waals surface area contributed by atoms with Gasteiger partial charge in [-0.1, -0.05) is 0 Å². The average Bonchev–Trinajstić information content (AvgIpc) is 2.94. The third-order valence-corrected chi connectivity index (χ3v) is 7.19. The Kier molecular flexibility index (Phi) is 7.98. The fourth-order valence-electron chi connectivity index (χ4n) is 5.24. The van der Waals surface area contributed by atoms with Crippen molar-refractivity contribution in [3.8, 4) is 17.6 Å². The van der Waals surface area contributed by atoms with Gasteiger partial charge in [-0.3, -0.25) is 4.79 Å². The smallest absolute Gasteiger partial charge is 0.410 e. The SMILES string of the molecule is CC(C)(C)OC(=O)N1C[C@@H](NCc2ccc3c(n2)NCCO3)CC[C@@H]1CCN1C(=O)COc2ccc(C#N)cc21. The number of fused-ring (bicyclic) bond motifs is 2. The zero-order valence-electron chi connectivity index (χ0n) is 23.2. The lowest BCUT2D eigenvalue weighted by molar-refractivity contribution is -0.121. The summed E-state index contributed by atoms with van der Waals surface area (Å²) in [6.07, 6.45) is 1.83. The molecule has 3 aliphatic rings. The van der Waals surface area contributed by atoms with Gasteiger partial charge in [-0.15, -0.1) is 0 Å². The zero-order chi connectivity index (χ0) is 28.3. The summed E-state index contributed by atoms with van der Waals surface area (Å²) < 4.78 is 17.0. The van der Waals surface area contributed by atoms with E-state index in [1.165, 1.54) is 0 Å². The number of carbonyl (C=O) groups is 2. The Morgan fingerprint density at radius 2 is 2.05 bits per heavy atom. The van der Waals surface area contributed by atoms with Gasteiger partial charge in [0, 0.05) is 31.7 Å². The Hall–Kier alpha value is -4.04. The first-order chi connectivity index (χ1) is 19.2. The summed E-state index contributed by atoms with van der Waals surface area (Å²) in [5.41, 5.74) is 1.31. The fraction of sp³-hybridized carbons (Fsp3) is 0.517. The number of nitriles is 1. The second-order valence-corrected chi connectivity index (χ2v) is 11.3. The molecule has 2 atom stereocenters. The van der Waals surface area contributed by atoms with E-state index < -0.39 is 5.60 Å². The maximum Gasteiger partial charge on any atom is 0.410 e. The molecule has 0 saturated carbocycles. The molecule has 1 aromatic heterocycles. The predicted octanol–water partition coefficient (Wildman–Crippen LogP) is 3.43. The van der Waals surface area contributed by atoms with Crippen LogP contribution < -0.4 is 25.0 Å². The second kappa shape index (κ2) is 11.6. The minimum absolute atomic E-state index is 0.0519. The molecule has 1 fully saturated rings. The van der Waals surface area contributed by atoms with Crippen LogP contribution >= 0.6 is 0 Å². The van der Waals surface area contributed by atoms with Crippen LogP contribution in [0.2, 0.25) is 0 Å². The topological polar surface area (TPSA) is 129 Å². The third-order valence-electron chi connectivity index (χ3n) is 7.19. The number of aromatic nitrogens is 1. The molecule has 2 N–H and O–H groups in total. The number of hydrogen-bond donors (Lipinski definition) is 2. The van der Waals surface area contributed by atoms with Crippen LogP contribution in [0.5, 0.6) is 11.5 Å². The average molecular weight is 549 g/mol. The van der Waals surface area contributed by atoms with Gasteiger partial charge in [0.2, 0.25) is 0 Å². The van der Waals surface area contributed by atoms with Crippen LogP contribution in [0.1, 0.15) is 51.3 Å². The lowest BCUT2D eigenvalue weighted by Gasteiger charge is -2.41. The number of nitrogens with one attached hydrogen (secondary N) is 2. The number of ether oxygens (including phenoxy) is 3. The van der Waals surface area contributed by atoms with E-state index >= 15 is 0 Å². The Balaban J connectivity index is 1.26. The summed E-state index contributed by atoms with van der Waals surface area (Å²) in [5.74, 6) is 1.93. The van der Waals surface area contributed by atoms with Crippen LogP contribution in [0, 0.1) is 11.3 Å². The number of rotatable bonds is 6. The highest BCUT2D eigenvalue weighted by molar-refractivity contribution is 5.98. The van der Waals surface area contributed by atoms with Crippen molar-refractivity contribution in [2.24, 2.45) is 0 Å². The summed E-state index contributed by atoms with van der Waals surface area (Å²) in [6.45, 7) is 8.32. The van der Waals surface area contributed by atoms with Gasteiger partial charge < -0.3 is 34.6 Å². The number of anilines is 2. The third kappa shape index (κ3) is 6.39. The van der Waals surface area contributed by atoms with E-state index in [9.17, 15) is 14.9 Å². The number of pyridine rings is 1. The largest absolute Gasteiger partial charge is 0.488 e. The highest BCUT2D eigenvalue weighted by Gasteiger charge is 2.35. The fourth-order valence-corrected chi connectivity index (χ4v) is 5.24. The van der Waals surface area contributed by atoms with Crippen LogP contribution in [0.25, 0.3) is 0 Å².